The maximum absolute atomic E-state index is 11.5. The fourth-order valence-corrected chi connectivity index (χ4v) is 4.42. The molecular weight excluding hydrogens is 258 g/mol. The lowest BCUT2D eigenvalue weighted by Crippen LogP contribution is -2.40. The summed E-state index contributed by atoms with van der Waals surface area (Å²) in [6.45, 7) is 3.23. The molecule has 0 spiro atoms. The molecule has 0 amide bonds. The molecule has 1 unspecified atom stereocenters. The molecule has 19 heavy (non-hydrogen) atoms. The molecule has 0 aromatic carbocycles. The quantitative estimate of drug-likeness (QED) is 0.628. The molecule has 1 N–H and O–H groups in total. The average Bonchev–Trinajstić information content (AvgIpc) is 2.36. The highest BCUT2D eigenvalue weighted by atomic mass is 32.2. The van der Waals surface area contributed by atoms with Crippen LogP contribution in [0.2, 0.25) is 0 Å². The molecule has 1 atom stereocenters. The van der Waals surface area contributed by atoms with E-state index in [4.69, 9.17) is 0 Å². The molecule has 3 nitrogen and oxygen atoms in total. The molecule has 1 heterocycles. The molecule has 1 aliphatic heterocycles. The Morgan fingerprint density at radius 2 is 1.63 bits per heavy atom. The van der Waals surface area contributed by atoms with Crippen molar-refractivity contribution in [1.82, 2.24) is 5.32 Å². The van der Waals surface area contributed by atoms with Crippen molar-refractivity contribution >= 4 is 9.84 Å². The van der Waals surface area contributed by atoms with Crippen LogP contribution in [-0.4, -0.2) is 32.5 Å². The van der Waals surface area contributed by atoms with Crippen LogP contribution < -0.4 is 5.32 Å². The van der Waals surface area contributed by atoms with Crippen LogP contribution in [0.4, 0.5) is 0 Å². The van der Waals surface area contributed by atoms with Gasteiger partial charge in [-0.1, -0.05) is 51.9 Å². The Balaban J connectivity index is 1.91. The summed E-state index contributed by atoms with van der Waals surface area (Å²) in [4.78, 5) is 0. The van der Waals surface area contributed by atoms with E-state index >= 15 is 0 Å². The van der Waals surface area contributed by atoms with Gasteiger partial charge >= 0.3 is 0 Å². The second kappa shape index (κ2) is 9.76. The Morgan fingerprint density at radius 1 is 1.00 bits per heavy atom. The Hall–Kier alpha value is -0.0900. The highest BCUT2D eigenvalue weighted by molar-refractivity contribution is 7.91. The molecular formula is C15H31NO2S. The van der Waals surface area contributed by atoms with Crippen LogP contribution in [0.1, 0.15) is 71.1 Å². The van der Waals surface area contributed by atoms with Crippen molar-refractivity contribution in [3.05, 3.63) is 0 Å². The maximum atomic E-state index is 11.5. The van der Waals surface area contributed by atoms with Crippen molar-refractivity contribution in [3.63, 3.8) is 0 Å². The van der Waals surface area contributed by atoms with Crippen LogP contribution in [0.3, 0.4) is 0 Å². The lowest BCUT2D eigenvalue weighted by atomic mass is 10.1. The summed E-state index contributed by atoms with van der Waals surface area (Å²) in [6.07, 6.45) is 12.4. The third kappa shape index (κ3) is 8.64. The zero-order valence-electron chi connectivity index (χ0n) is 12.5. The summed E-state index contributed by atoms with van der Waals surface area (Å²) in [5.41, 5.74) is 0. The van der Waals surface area contributed by atoms with Gasteiger partial charge in [-0.15, -0.1) is 0 Å². The maximum Gasteiger partial charge on any atom is 0.151 e. The zero-order chi connectivity index (χ0) is 14.0. The first-order chi connectivity index (χ1) is 9.14. The summed E-state index contributed by atoms with van der Waals surface area (Å²) in [5, 5.41) is 3.41. The van der Waals surface area contributed by atoms with E-state index in [9.17, 15) is 8.42 Å². The summed E-state index contributed by atoms with van der Waals surface area (Å²) in [7, 11) is -2.75. The predicted molar refractivity (Wildman–Crippen MR) is 82.3 cm³/mol. The largest absolute Gasteiger partial charge is 0.313 e. The van der Waals surface area contributed by atoms with Gasteiger partial charge in [-0.2, -0.15) is 0 Å². The first-order valence-electron chi connectivity index (χ1n) is 8.08. The standard InChI is InChI=1S/C15H31NO2S/c1-2-3-4-5-6-7-8-9-12-16-15-11-10-13-19(17,18)14-15/h15-16H,2-14H2,1H3. The lowest BCUT2D eigenvalue weighted by Gasteiger charge is -2.23. The molecule has 1 rings (SSSR count). The van der Waals surface area contributed by atoms with Crippen molar-refractivity contribution in [3.8, 4) is 0 Å². The average molecular weight is 289 g/mol. The Bertz CT molecular complexity index is 314. The van der Waals surface area contributed by atoms with E-state index in [1.165, 1.54) is 51.4 Å². The Labute approximate surface area is 119 Å². The molecule has 4 heteroatoms. The molecule has 1 saturated heterocycles. The van der Waals surface area contributed by atoms with Crippen molar-refractivity contribution in [2.24, 2.45) is 0 Å². The van der Waals surface area contributed by atoms with Crippen LogP contribution in [0.5, 0.6) is 0 Å². The number of sulfone groups is 1. The molecule has 0 aromatic rings. The van der Waals surface area contributed by atoms with E-state index in [1.54, 1.807) is 0 Å². The van der Waals surface area contributed by atoms with Crippen molar-refractivity contribution < 1.29 is 8.42 Å². The highest BCUT2D eigenvalue weighted by Gasteiger charge is 2.23. The van der Waals surface area contributed by atoms with Gasteiger partial charge in [0.15, 0.2) is 9.84 Å². The van der Waals surface area contributed by atoms with Gasteiger partial charge in [0.1, 0.15) is 0 Å². The van der Waals surface area contributed by atoms with Crippen molar-refractivity contribution in [2.75, 3.05) is 18.1 Å². The van der Waals surface area contributed by atoms with E-state index < -0.39 is 9.84 Å². The summed E-state index contributed by atoms with van der Waals surface area (Å²) >= 11 is 0. The fraction of sp³-hybridized carbons (Fsp3) is 1.00. The van der Waals surface area contributed by atoms with Crippen LogP contribution in [0.15, 0.2) is 0 Å². The van der Waals surface area contributed by atoms with Gasteiger partial charge in [0.2, 0.25) is 0 Å². The normalized spacial score (nSPS) is 22.5. The highest BCUT2D eigenvalue weighted by Crippen LogP contribution is 2.12. The van der Waals surface area contributed by atoms with Crippen LogP contribution in [-0.2, 0) is 9.84 Å². The minimum absolute atomic E-state index is 0.211. The van der Waals surface area contributed by atoms with Crippen molar-refractivity contribution in [2.45, 2.75) is 77.2 Å². The topological polar surface area (TPSA) is 46.2 Å². The van der Waals surface area contributed by atoms with E-state index in [1.807, 2.05) is 0 Å². The lowest BCUT2D eigenvalue weighted by molar-refractivity contribution is 0.466. The van der Waals surface area contributed by atoms with Gasteiger partial charge < -0.3 is 5.32 Å². The first kappa shape index (κ1) is 17.0. The molecule has 0 radical (unpaired) electrons. The van der Waals surface area contributed by atoms with E-state index in [0.717, 1.165) is 19.4 Å². The number of hydrogen-bond acceptors (Lipinski definition) is 3. The van der Waals surface area contributed by atoms with Crippen molar-refractivity contribution in [1.29, 1.82) is 0 Å². The predicted octanol–water partition coefficient (Wildman–Crippen LogP) is 3.29. The molecule has 0 saturated carbocycles. The summed E-state index contributed by atoms with van der Waals surface area (Å²) in [5.74, 6) is 0.743. The summed E-state index contributed by atoms with van der Waals surface area (Å²) in [6, 6.07) is 0.211. The molecule has 0 aromatic heterocycles. The van der Waals surface area contributed by atoms with Crippen LogP contribution in [0, 0.1) is 0 Å². The minimum atomic E-state index is -2.75. The third-order valence-electron chi connectivity index (χ3n) is 3.93. The Kier molecular flexibility index (Phi) is 8.71. The van der Waals surface area contributed by atoms with E-state index in [-0.39, 0.29) is 6.04 Å². The smallest absolute Gasteiger partial charge is 0.151 e. The number of nitrogens with one attached hydrogen (secondary N) is 1. The molecule has 114 valence electrons. The van der Waals surface area contributed by atoms with Crippen LogP contribution in [0.25, 0.3) is 0 Å². The second-order valence-corrected chi connectivity index (χ2v) is 8.11. The SMILES string of the molecule is CCCCCCCCCCNC1CCCS(=O)(=O)C1. The monoisotopic (exact) mass is 289 g/mol. The molecule has 1 aliphatic rings. The number of rotatable bonds is 10. The van der Waals surface area contributed by atoms with E-state index in [2.05, 4.69) is 12.2 Å². The van der Waals surface area contributed by atoms with E-state index in [0.29, 0.717) is 11.5 Å². The summed E-state index contributed by atoms with van der Waals surface area (Å²) < 4.78 is 23.0. The van der Waals surface area contributed by atoms with Gasteiger partial charge in [0.05, 0.1) is 11.5 Å². The van der Waals surface area contributed by atoms with Gasteiger partial charge in [-0.3, -0.25) is 0 Å². The molecule has 0 bridgehead atoms. The molecule has 1 fully saturated rings. The van der Waals surface area contributed by atoms with Gasteiger partial charge in [-0.05, 0) is 25.8 Å². The Morgan fingerprint density at radius 3 is 2.26 bits per heavy atom. The number of unbranched alkanes of at least 4 members (excludes halogenated alkanes) is 7. The molecule has 0 aliphatic carbocycles. The van der Waals surface area contributed by atoms with Crippen LogP contribution >= 0.6 is 0 Å². The first-order valence-corrected chi connectivity index (χ1v) is 9.90. The minimum Gasteiger partial charge on any atom is -0.313 e. The van der Waals surface area contributed by atoms with Gasteiger partial charge in [0.25, 0.3) is 0 Å². The second-order valence-electron chi connectivity index (χ2n) is 5.88. The zero-order valence-corrected chi connectivity index (χ0v) is 13.3. The third-order valence-corrected chi connectivity index (χ3v) is 5.75. The number of hydrogen-bond donors (Lipinski definition) is 1. The van der Waals surface area contributed by atoms with Gasteiger partial charge in [-0.25, -0.2) is 8.42 Å². The van der Waals surface area contributed by atoms with Gasteiger partial charge in [0, 0.05) is 6.04 Å². The fourth-order valence-electron chi connectivity index (χ4n) is 2.75.